The largest absolute Gasteiger partial charge is 0.462 e. The molecule has 7 heteroatoms. The highest BCUT2D eigenvalue weighted by Crippen LogP contribution is 2.31. The van der Waals surface area contributed by atoms with Crippen molar-refractivity contribution in [2.45, 2.75) is 46.1 Å². The zero-order valence-corrected chi connectivity index (χ0v) is 20.2. The molecule has 2 aromatic heterocycles. The number of carbonyl (C=O) groups excluding carboxylic acids is 2. The number of benzene rings is 2. The highest BCUT2D eigenvalue weighted by atomic mass is 16.5. The number of hydrogen-bond acceptors (Lipinski definition) is 5. The fourth-order valence-corrected chi connectivity index (χ4v) is 3.83. The van der Waals surface area contributed by atoms with Crippen molar-refractivity contribution in [2.24, 2.45) is 0 Å². The summed E-state index contributed by atoms with van der Waals surface area (Å²) in [4.78, 5) is 35.8. The van der Waals surface area contributed by atoms with Gasteiger partial charge in [-0.1, -0.05) is 69.2 Å². The fourth-order valence-electron chi connectivity index (χ4n) is 3.83. The number of carbonyl (C=O) groups is 2. The van der Waals surface area contributed by atoms with E-state index in [1.54, 1.807) is 6.08 Å². The second-order valence-electron chi connectivity index (χ2n) is 8.34. The highest BCUT2D eigenvalue weighted by Gasteiger charge is 2.27. The molecule has 0 aliphatic carbocycles. The van der Waals surface area contributed by atoms with Crippen molar-refractivity contribution in [2.75, 3.05) is 11.9 Å². The molecule has 1 N–H and O–H groups in total. The van der Waals surface area contributed by atoms with Crippen molar-refractivity contribution < 1.29 is 14.3 Å². The van der Waals surface area contributed by atoms with Gasteiger partial charge in [0.1, 0.15) is 16.9 Å². The number of anilines is 1. The minimum Gasteiger partial charge on any atom is -0.462 e. The zero-order chi connectivity index (χ0) is 24.6. The number of esters is 1. The number of nitrogens with zero attached hydrogens (tertiary/aromatic N) is 3. The molecule has 4 rings (SSSR count). The Morgan fingerprint density at radius 1 is 0.943 bits per heavy atom. The first kappa shape index (κ1) is 24.1. The Morgan fingerprint density at radius 2 is 1.63 bits per heavy atom. The highest BCUT2D eigenvalue weighted by molar-refractivity contribution is 6.13. The number of amides is 1. The van der Waals surface area contributed by atoms with Gasteiger partial charge in [-0.25, -0.2) is 14.8 Å². The van der Waals surface area contributed by atoms with Crippen LogP contribution in [0, 0.1) is 0 Å². The Morgan fingerprint density at radius 3 is 2.34 bits per heavy atom. The number of para-hydroxylation sites is 2. The van der Waals surface area contributed by atoms with Crippen LogP contribution < -0.4 is 5.32 Å². The number of aryl methyl sites for hydroxylation is 1. The summed E-state index contributed by atoms with van der Waals surface area (Å²) in [5.41, 5.74) is 3.54. The summed E-state index contributed by atoms with van der Waals surface area (Å²) in [6.07, 6.45) is 6.66. The molecule has 0 saturated carbocycles. The molecule has 4 aromatic rings. The lowest BCUT2D eigenvalue weighted by atomic mass is 10.2. The maximum atomic E-state index is 13.3. The molecule has 0 spiro atoms. The van der Waals surface area contributed by atoms with Gasteiger partial charge in [-0.05, 0) is 36.6 Å². The predicted molar refractivity (Wildman–Crippen MR) is 139 cm³/mol. The lowest BCUT2D eigenvalue weighted by Crippen LogP contribution is -2.17. The number of unbranched alkanes of at least 4 members (excludes halogenated alkanes) is 2. The van der Waals surface area contributed by atoms with Crippen LogP contribution in [0.4, 0.5) is 5.82 Å². The molecule has 7 nitrogen and oxygen atoms in total. The first-order valence-electron chi connectivity index (χ1n) is 12.1. The van der Waals surface area contributed by atoms with E-state index in [2.05, 4.69) is 12.2 Å². The van der Waals surface area contributed by atoms with Crippen molar-refractivity contribution >= 4 is 46.0 Å². The molecule has 0 atom stereocenters. The third kappa shape index (κ3) is 5.57. The topological polar surface area (TPSA) is 86.1 Å². The Kier molecular flexibility index (Phi) is 7.88. The molecule has 0 unspecified atom stereocenters. The van der Waals surface area contributed by atoms with Gasteiger partial charge in [0.2, 0.25) is 5.91 Å². The van der Waals surface area contributed by atoms with Gasteiger partial charge in [0.15, 0.2) is 5.65 Å². The van der Waals surface area contributed by atoms with Crippen LogP contribution in [0.5, 0.6) is 0 Å². The number of aromatic nitrogens is 3. The lowest BCUT2D eigenvalue weighted by molar-refractivity contribution is -0.111. The Hall–Kier alpha value is -4.00. The van der Waals surface area contributed by atoms with E-state index >= 15 is 0 Å². The Balaban J connectivity index is 1.81. The maximum absolute atomic E-state index is 13.3. The van der Waals surface area contributed by atoms with Gasteiger partial charge in [-0.2, -0.15) is 0 Å². The maximum Gasteiger partial charge on any atom is 0.344 e. The molecular weight excluding hydrogens is 440 g/mol. The first-order chi connectivity index (χ1) is 17.1. The molecule has 180 valence electrons. The number of ether oxygens (including phenoxy) is 1. The first-order valence-corrected chi connectivity index (χ1v) is 12.1. The lowest BCUT2D eigenvalue weighted by Gasteiger charge is -2.11. The molecule has 0 aliphatic heterocycles. The number of hydrogen-bond donors (Lipinski definition) is 1. The molecular formula is C28H30N4O3. The average Bonchev–Trinajstić information content (AvgIpc) is 3.17. The molecule has 1 amide bonds. The third-order valence-corrected chi connectivity index (χ3v) is 5.69. The standard InChI is InChI=1S/C28H30N4O3/c1-3-5-18-32-26(31-23(33)17-16-20-12-8-7-9-13-20)24(28(34)35-19-6-4-2)25-27(32)30-22-15-11-10-14-21(22)29-25/h7-17H,3-6,18-19H2,1-2H3,(H,31,33)/b17-16+. The van der Waals surface area contributed by atoms with Crippen LogP contribution in [-0.4, -0.2) is 33.0 Å². The molecule has 0 saturated heterocycles. The van der Waals surface area contributed by atoms with Gasteiger partial charge in [0.25, 0.3) is 0 Å². The van der Waals surface area contributed by atoms with Gasteiger partial charge >= 0.3 is 5.97 Å². The van der Waals surface area contributed by atoms with Gasteiger partial charge in [0.05, 0.1) is 17.6 Å². The van der Waals surface area contributed by atoms with E-state index in [0.29, 0.717) is 35.7 Å². The third-order valence-electron chi connectivity index (χ3n) is 5.69. The molecule has 2 heterocycles. The number of rotatable bonds is 10. The van der Waals surface area contributed by atoms with E-state index in [4.69, 9.17) is 14.7 Å². The van der Waals surface area contributed by atoms with Gasteiger partial charge in [-0.3, -0.25) is 4.79 Å². The van der Waals surface area contributed by atoms with E-state index in [9.17, 15) is 9.59 Å². The monoisotopic (exact) mass is 470 g/mol. The molecule has 0 fully saturated rings. The van der Waals surface area contributed by atoms with Gasteiger partial charge < -0.3 is 14.6 Å². The van der Waals surface area contributed by atoms with Crippen LogP contribution in [0.1, 0.15) is 55.5 Å². The number of nitrogens with one attached hydrogen (secondary N) is 1. The van der Waals surface area contributed by atoms with Crippen molar-refractivity contribution in [3.05, 3.63) is 71.8 Å². The smallest absolute Gasteiger partial charge is 0.344 e. The Labute approximate surface area is 204 Å². The van der Waals surface area contributed by atoms with E-state index in [1.165, 1.54) is 6.08 Å². The minimum atomic E-state index is -0.509. The summed E-state index contributed by atoms with van der Waals surface area (Å²) in [7, 11) is 0. The van der Waals surface area contributed by atoms with E-state index in [-0.39, 0.29) is 11.5 Å². The van der Waals surface area contributed by atoms with Crippen LogP contribution in [0.3, 0.4) is 0 Å². The summed E-state index contributed by atoms with van der Waals surface area (Å²) in [6, 6.07) is 17.1. The molecule has 0 radical (unpaired) electrons. The SMILES string of the molecule is CCCCOC(=O)c1c(NC(=O)/C=C/c2ccccc2)n(CCCC)c2nc3ccccc3nc12. The molecule has 0 aliphatic rings. The second kappa shape index (κ2) is 11.4. The molecule has 35 heavy (non-hydrogen) atoms. The zero-order valence-electron chi connectivity index (χ0n) is 20.2. The summed E-state index contributed by atoms with van der Waals surface area (Å²) in [6.45, 7) is 5.01. The van der Waals surface area contributed by atoms with E-state index in [0.717, 1.165) is 36.8 Å². The van der Waals surface area contributed by atoms with Gasteiger partial charge in [0, 0.05) is 12.6 Å². The quantitative estimate of drug-likeness (QED) is 0.175. The summed E-state index contributed by atoms with van der Waals surface area (Å²) in [5.74, 6) is -0.486. The van der Waals surface area contributed by atoms with Gasteiger partial charge in [-0.15, -0.1) is 0 Å². The van der Waals surface area contributed by atoms with Crippen molar-refractivity contribution in [1.29, 1.82) is 0 Å². The van der Waals surface area contributed by atoms with Crippen LogP contribution in [-0.2, 0) is 16.1 Å². The van der Waals surface area contributed by atoms with E-state index < -0.39 is 5.97 Å². The summed E-state index contributed by atoms with van der Waals surface area (Å²) >= 11 is 0. The van der Waals surface area contributed by atoms with Crippen LogP contribution in [0.25, 0.3) is 28.3 Å². The second-order valence-corrected chi connectivity index (χ2v) is 8.34. The van der Waals surface area contributed by atoms with Crippen molar-refractivity contribution in [3.63, 3.8) is 0 Å². The van der Waals surface area contributed by atoms with E-state index in [1.807, 2.05) is 66.1 Å². The fraction of sp³-hybridized carbons (Fsp3) is 0.286. The summed E-state index contributed by atoms with van der Waals surface area (Å²) in [5, 5.41) is 2.93. The van der Waals surface area contributed by atoms with Crippen molar-refractivity contribution in [1.82, 2.24) is 14.5 Å². The van der Waals surface area contributed by atoms with Crippen molar-refractivity contribution in [3.8, 4) is 0 Å². The molecule has 0 bridgehead atoms. The summed E-state index contributed by atoms with van der Waals surface area (Å²) < 4.78 is 7.45. The van der Waals surface area contributed by atoms with Crippen LogP contribution >= 0.6 is 0 Å². The minimum absolute atomic E-state index is 0.243. The molecule has 2 aromatic carbocycles. The Bertz CT molecular complexity index is 1360. The normalized spacial score (nSPS) is 11.4. The number of fused-ring (bicyclic) bond motifs is 2. The average molecular weight is 471 g/mol. The predicted octanol–water partition coefficient (Wildman–Crippen LogP) is 5.99. The van der Waals surface area contributed by atoms with Crippen LogP contribution in [0.2, 0.25) is 0 Å². The van der Waals surface area contributed by atoms with Crippen LogP contribution in [0.15, 0.2) is 60.7 Å².